The number of carbonyl (C=O) groups excluding carboxylic acids is 1. The van der Waals surface area contributed by atoms with E-state index >= 15 is 0 Å². The molecule has 2 atom stereocenters. The predicted octanol–water partition coefficient (Wildman–Crippen LogP) is 3.50. The molecule has 9 nitrogen and oxygen atoms in total. The molecule has 0 fully saturated rings. The number of hydrogen-bond acceptors (Lipinski definition) is 5. The van der Waals surface area contributed by atoms with Gasteiger partial charge in [0.1, 0.15) is 5.69 Å². The minimum absolute atomic E-state index is 0.0432. The van der Waals surface area contributed by atoms with Crippen LogP contribution in [0.4, 0.5) is 4.79 Å². The van der Waals surface area contributed by atoms with E-state index in [0.717, 1.165) is 5.69 Å². The van der Waals surface area contributed by atoms with Gasteiger partial charge in [-0.15, -0.1) is 6.58 Å². The van der Waals surface area contributed by atoms with Crippen LogP contribution in [-0.4, -0.2) is 84.4 Å². The van der Waals surface area contributed by atoms with Gasteiger partial charge in [-0.25, -0.2) is 4.79 Å². The van der Waals surface area contributed by atoms with Gasteiger partial charge in [0.25, 0.3) is 5.91 Å². The Hall–Kier alpha value is -2.17. The van der Waals surface area contributed by atoms with Crippen molar-refractivity contribution in [3.63, 3.8) is 0 Å². The van der Waals surface area contributed by atoms with Crippen molar-refractivity contribution >= 4 is 20.3 Å². The van der Waals surface area contributed by atoms with Gasteiger partial charge in [0.2, 0.25) is 0 Å². The Labute approximate surface area is 191 Å². The van der Waals surface area contributed by atoms with Gasteiger partial charge >= 0.3 is 6.09 Å². The minimum atomic E-state index is -2.02. The van der Waals surface area contributed by atoms with Crippen molar-refractivity contribution in [2.75, 3.05) is 26.9 Å². The van der Waals surface area contributed by atoms with Gasteiger partial charge in [0, 0.05) is 25.1 Å². The van der Waals surface area contributed by atoms with E-state index in [9.17, 15) is 14.7 Å². The molecule has 1 aliphatic heterocycles. The molecule has 0 spiro atoms. The lowest BCUT2D eigenvalue weighted by molar-refractivity contribution is 0.0410. The Bertz CT molecular complexity index is 833. The SMILES string of the molecule is C=CCOC[C@H](CO[Si](C)(C)C(C)(C)C)N(C)C(=O)c1[nH]nc2c1CN(C(=O)O)[C@H](C)C2. The van der Waals surface area contributed by atoms with Crippen LogP contribution in [-0.2, 0) is 22.1 Å². The number of fused-ring (bicyclic) bond motifs is 1. The van der Waals surface area contributed by atoms with E-state index < -0.39 is 14.4 Å². The topological polar surface area (TPSA) is 108 Å². The normalized spacial score (nSPS) is 17.6. The number of aromatic amines is 1. The lowest BCUT2D eigenvalue weighted by atomic mass is 9.99. The zero-order chi connectivity index (χ0) is 24.3. The largest absolute Gasteiger partial charge is 0.465 e. The number of likely N-dealkylation sites (N-methyl/N-ethyl adjacent to an activating group) is 1. The van der Waals surface area contributed by atoms with Crippen LogP contribution in [0.5, 0.6) is 0 Å². The summed E-state index contributed by atoms with van der Waals surface area (Å²) in [6.45, 7) is 17.5. The minimum Gasteiger partial charge on any atom is -0.465 e. The molecule has 10 heteroatoms. The molecule has 1 aliphatic rings. The van der Waals surface area contributed by atoms with Crippen molar-refractivity contribution in [1.29, 1.82) is 0 Å². The highest BCUT2D eigenvalue weighted by atomic mass is 28.4. The van der Waals surface area contributed by atoms with Crippen LogP contribution in [0.2, 0.25) is 18.1 Å². The molecule has 0 radical (unpaired) electrons. The average Bonchev–Trinajstić information content (AvgIpc) is 3.10. The van der Waals surface area contributed by atoms with Gasteiger partial charge < -0.3 is 24.1 Å². The fourth-order valence-corrected chi connectivity index (χ4v) is 4.36. The fraction of sp³-hybridized carbons (Fsp3) is 0.682. The van der Waals surface area contributed by atoms with Gasteiger partial charge in [-0.05, 0) is 25.1 Å². The number of rotatable bonds is 9. The number of H-pyrrole nitrogens is 1. The second kappa shape index (κ2) is 10.2. The van der Waals surface area contributed by atoms with Gasteiger partial charge in [0.15, 0.2) is 8.32 Å². The van der Waals surface area contributed by atoms with Crippen LogP contribution in [0, 0.1) is 0 Å². The maximum atomic E-state index is 13.4. The lowest BCUT2D eigenvalue weighted by Gasteiger charge is -2.38. The monoisotopic (exact) mass is 466 g/mol. The van der Waals surface area contributed by atoms with E-state index in [2.05, 4.69) is 50.6 Å². The number of carbonyl (C=O) groups is 2. The first-order valence-corrected chi connectivity index (χ1v) is 13.9. The molecule has 180 valence electrons. The number of nitrogens with one attached hydrogen (secondary N) is 1. The summed E-state index contributed by atoms with van der Waals surface area (Å²) in [4.78, 5) is 27.9. The maximum Gasteiger partial charge on any atom is 0.407 e. The summed E-state index contributed by atoms with van der Waals surface area (Å²) < 4.78 is 12.0. The fourth-order valence-electron chi connectivity index (χ4n) is 3.31. The number of hydrogen-bond donors (Lipinski definition) is 2. The zero-order valence-corrected chi connectivity index (χ0v) is 21.4. The van der Waals surface area contributed by atoms with Crippen LogP contribution in [0.15, 0.2) is 12.7 Å². The number of aromatic nitrogens is 2. The molecular weight excluding hydrogens is 428 g/mol. The number of nitrogens with zero attached hydrogens (tertiary/aromatic N) is 3. The maximum absolute atomic E-state index is 13.4. The number of carboxylic acid groups (broad SMARTS) is 1. The summed E-state index contributed by atoms with van der Waals surface area (Å²) in [5.74, 6) is -0.260. The zero-order valence-electron chi connectivity index (χ0n) is 20.4. The quantitative estimate of drug-likeness (QED) is 0.328. The van der Waals surface area contributed by atoms with Crippen molar-refractivity contribution < 1.29 is 23.9 Å². The van der Waals surface area contributed by atoms with E-state index in [4.69, 9.17) is 9.16 Å². The molecule has 0 saturated carbocycles. The third kappa shape index (κ3) is 5.79. The van der Waals surface area contributed by atoms with Crippen LogP contribution in [0.3, 0.4) is 0 Å². The first kappa shape index (κ1) is 26.1. The Morgan fingerprint density at radius 2 is 2.06 bits per heavy atom. The molecule has 1 aromatic heterocycles. The number of ether oxygens (including phenoxy) is 1. The summed E-state index contributed by atoms with van der Waals surface area (Å²) in [6.07, 6.45) is 1.13. The highest BCUT2D eigenvalue weighted by Gasteiger charge is 2.39. The van der Waals surface area contributed by atoms with E-state index in [1.807, 2.05) is 6.92 Å². The first-order chi connectivity index (χ1) is 14.8. The molecule has 0 aliphatic carbocycles. The summed E-state index contributed by atoms with van der Waals surface area (Å²) in [7, 11) is -0.305. The second-order valence-electron chi connectivity index (χ2n) is 9.95. The smallest absolute Gasteiger partial charge is 0.407 e. The molecule has 2 rings (SSSR count). The molecule has 2 N–H and O–H groups in total. The Morgan fingerprint density at radius 1 is 1.41 bits per heavy atom. The summed E-state index contributed by atoms with van der Waals surface area (Å²) >= 11 is 0. The third-order valence-corrected chi connectivity index (χ3v) is 11.1. The molecule has 0 bridgehead atoms. The van der Waals surface area contributed by atoms with E-state index in [0.29, 0.717) is 37.5 Å². The van der Waals surface area contributed by atoms with Gasteiger partial charge in [0.05, 0.1) is 38.1 Å². The summed E-state index contributed by atoms with van der Waals surface area (Å²) in [5.41, 5.74) is 1.70. The third-order valence-electron chi connectivity index (χ3n) is 6.62. The molecule has 0 unspecified atom stereocenters. The molecule has 2 amide bonds. The molecule has 1 aromatic rings. The van der Waals surface area contributed by atoms with E-state index in [1.165, 1.54) is 4.90 Å². The van der Waals surface area contributed by atoms with E-state index in [1.54, 1.807) is 18.0 Å². The standard InChI is InChI=1S/C22H38N4O5Si/c1-9-10-30-13-16(14-31-32(7,8)22(3,4)5)25(6)20(27)19-17-12-26(21(28)29)15(2)11-18(17)23-24-19/h9,15-16H,1,10-14H2,2-8H3,(H,23,24)(H,28,29)/t15-,16-/m1/s1. The molecular formula is C22H38N4O5Si. The Kier molecular flexibility index (Phi) is 8.30. The van der Waals surface area contributed by atoms with Crippen molar-refractivity contribution in [3.05, 3.63) is 29.6 Å². The average molecular weight is 467 g/mol. The van der Waals surface area contributed by atoms with Crippen molar-refractivity contribution in [2.24, 2.45) is 0 Å². The predicted molar refractivity (Wildman–Crippen MR) is 125 cm³/mol. The highest BCUT2D eigenvalue weighted by Crippen LogP contribution is 2.36. The Balaban J connectivity index is 2.22. The van der Waals surface area contributed by atoms with Crippen LogP contribution in [0.25, 0.3) is 0 Å². The van der Waals surface area contributed by atoms with Crippen LogP contribution >= 0.6 is 0 Å². The second-order valence-corrected chi connectivity index (χ2v) is 14.8. The van der Waals surface area contributed by atoms with Gasteiger partial charge in [-0.2, -0.15) is 5.10 Å². The van der Waals surface area contributed by atoms with Gasteiger partial charge in [-0.1, -0.05) is 26.8 Å². The first-order valence-electron chi connectivity index (χ1n) is 11.0. The van der Waals surface area contributed by atoms with Crippen molar-refractivity contribution in [1.82, 2.24) is 20.0 Å². The van der Waals surface area contributed by atoms with Crippen LogP contribution in [0.1, 0.15) is 49.4 Å². The molecule has 2 heterocycles. The summed E-state index contributed by atoms with van der Waals surface area (Å²) in [5, 5.41) is 16.7. The summed E-state index contributed by atoms with van der Waals surface area (Å²) in [6, 6.07) is -0.504. The van der Waals surface area contributed by atoms with Crippen molar-refractivity contribution in [2.45, 2.75) is 70.9 Å². The molecule has 32 heavy (non-hydrogen) atoms. The number of amides is 2. The molecule has 0 saturated heterocycles. The molecule has 0 aromatic carbocycles. The van der Waals surface area contributed by atoms with Gasteiger partial charge in [-0.3, -0.25) is 9.89 Å². The Morgan fingerprint density at radius 3 is 2.62 bits per heavy atom. The lowest BCUT2D eigenvalue weighted by Crippen LogP contribution is -2.49. The highest BCUT2D eigenvalue weighted by molar-refractivity contribution is 6.74. The van der Waals surface area contributed by atoms with Crippen LogP contribution < -0.4 is 0 Å². The van der Waals surface area contributed by atoms with Crippen molar-refractivity contribution in [3.8, 4) is 0 Å². The van der Waals surface area contributed by atoms with E-state index in [-0.39, 0.29) is 29.6 Å².